The van der Waals surface area contributed by atoms with Gasteiger partial charge in [0.15, 0.2) is 0 Å². The standard InChI is InChI=1S/C13H24O2/c1-5-6-7-8-10(2)9-11(3)12(4)13(14)15/h10,12H,3,5-9H2,1-2,4H3,(H,14,15). The van der Waals surface area contributed by atoms with Crippen LogP contribution in [0.2, 0.25) is 0 Å². The van der Waals surface area contributed by atoms with Gasteiger partial charge in [0, 0.05) is 0 Å². The predicted molar refractivity (Wildman–Crippen MR) is 63.9 cm³/mol. The third kappa shape index (κ3) is 6.32. The van der Waals surface area contributed by atoms with E-state index in [1.165, 1.54) is 25.7 Å². The summed E-state index contributed by atoms with van der Waals surface area (Å²) in [6.45, 7) is 9.94. The molecule has 0 rings (SSSR count). The van der Waals surface area contributed by atoms with Gasteiger partial charge in [0.25, 0.3) is 0 Å². The Hall–Kier alpha value is -0.790. The van der Waals surface area contributed by atoms with Gasteiger partial charge in [-0.05, 0) is 19.3 Å². The zero-order valence-electron chi connectivity index (χ0n) is 10.3. The highest BCUT2D eigenvalue weighted by Gasteiger charge is 2.16. The molecule has 0 aliphatic heterocycles. The van der Waals surface area contributed by atoms with Crippen molar-refractivity contribution in [1.29, 1.82) is 0 Å². The van der Waals surface area contributed by atoms with Crippen LogP contribution < -0.4 is 0 Å². The molecule has 2 unspecified atom stereocenters. The summed E-state index contributed by atoms with van der Waals surface area (Å²) in [6, 6.07) is 0. The number of rotatable bonds is 8. The molecule has 2 heteroatoms. The van der Waals surface area contributed by atoms with Gasteiger partial charge >= 0.3 is 5.97 Å². The Labute approximate surface area is 93.4 Å². The normalized spacial score (nSPS) is 14.6. The fourth-order valence-corrected chi connectivity index (χ4v) is 1.64. The molecule has 0 aliphatic rings. The Morgan fingerprint density at radius 3 is 2.40 bits per heavy atom. The first kappa shape index (κ1) is 14.2. The second kappa shape index (κ2) is 7.49. The van der Waals surface area contributed by atoms with E-state index in [0.29, 0.717) is 5.92 Å². The molecule has 0 heterocycles. The lowest BCUT2D eigenvalue weighted by molar-refractivity contribution is -0.139. The summed E-state index contributed by atoms with van der Waals surface area (Å²) in [4.78, 5) is 10.7. The number of carbonyl (C=O) groups is 1. The number of unbranched alkanes of at least 4 members (excludes halogenated alkanes) is 2. The molecule has 0 spiro atoms. The third-order valence-electron chi connectivity index (χ3n) is 2.89. The molecule has 0 aliphatic carbocycles. The molecule has 0 amide bonds. The van der Waals surface area contributed by atoms with E-state index in [1.54, 1.807) is 6.92 Å². The quantitative estimate of drug-likeness (QED) is 0.490. The molecule has 0 saturated carbocycles. The smallest absolute Gasteiger partial charge is 0.310 e. The topological polar surface area (TPSA) is 37.3 Å². The molecule has 2 nitrogen and oxygen atoms in total. The maximum atomic E-state index is 10.7. The zero-order chi connectivity index (χ0) is 11.8. The SMILES string of the molecule is C=C(CC(C)CCCCC)C(C)C(=O)O. The summed E-state index contributed by atoms with van der Waals surface area (Å²) in [6.07, 6.45) is 5.77. The lowest BCUT2D eigenvalue weighted by atomic mass is 9.90. The van der Waals surface area contributed by atoms with Crippen molar-refractivity contribution in [2.24, 2.45) is 11.8 Å². The average Bonchev–Trinajstić information content (AvgIpc) is 2.16. The summed E-state index contributed by atoms with van der Waals surface area (Å²) < 4.78 is 0. The second-order valence-electron chi connectivity index (χ2n) is 4.52. The first-order chi connectivity index (χ1) is 6.99. The van der Waals surface area contributed by atoms with Gasteiger partial charge in [-0.2, -0.15) is 0 Å². The number of carboxylic acid groups (broad SMARTS) is 1. The molecular weight excluding hydrogens is 188 g/mol. The molecule has 88 valence electrons. The van der Waals surface area contributed by atoms with Crippen LogP contribution in [-0.2, 0) is 4.79 Å². The summed E-state index contributed by atoms with van der Waals surface area (Å²) in [5.41, 5.74) is 0.853. The molecule has 2 atom stereocenters. The van der Waals surface area contributed by atoms with E-state index in [9.17, 15) is 4.79 Å². The Bertz CT molecular complexity index is 209. The molecule has 0 saturated heterocycles. The van der Waals surface area contributed by atoms with Crippen LogP contribution in [0.3, 0.4) is 0 Å². The largest absolute Gasteiger partial charge is 0.481 e. The Balaban J connectivity index is 3.80. The van der Waals surface area contributed by atoms with Crippen molar-refractivity contribution < 1.29 is 9.90 Å². The van der Waals surface area contributed by atoms with Crippen molar-refractivity contribution in [1.82, 2.24) is 0 Å². The highest BCUT2D eigenvalue weighted by molar-refractivity contribution is 5.72. The van der Waals surface area contributed by atoms with E-state index in [4.69, 9.17) is 5.11 Å². The highest BCUT2D eigenvalue weighted by Crippen LogP contribution is 2.22. The van der Waals surface area contributed by atoms with Gasteiger partial charge in [-0.1, -0.05) is 51.7 Å². The third-order valence-corrected chi connectivity index (χ3v) is 2.89. The van der Waals surface area contributed by atoms with E-state index in [2.05, 4.69) is 20.4 Å². The van der Waals surface area contributed by atoms with Crippen molar-refractivity contribution in [2.45, 2.75) is 52.9 Å². The van der Waals surface area contributed by atoms with Crippen LogP contribution in [0.5, 0.6) is 0 Å². The summed E-state index contributed by atoms with van der Waals surface area (Å²) >= 11 is 0. The minimum atomic E-state index is -0.763. The predicted octanol–water partition coefficient (Wildman–Crippen LogP) is 3.87. The van der Waals surface area contributed by atoms with Gasteiger partial charge in [-0.25, -0.2) is 0 Å². The average molecular weight is 212 g/mol. The van der Waals surface area contributed by atoms with Gasteiger partial charge in [0.1, 0.15) is 0 Å². The number of hydrogen-bond acceptors (Lipinski definition) is 1. The summed E-state index contributed by atoms with van der Waals surface area (Å²) in [5, 5.41) is 8.82. The molecule has 1 N–H and O–H groups in total. The molecule has 0 aromatic carbocycles. The minimum absolute atomic E-state index is 0.404. The van der Waals surface area contributed by atoms with E-state index < -0.39 is 11.9 Å². The minimum Gasteiger partial charge on any atom is -0.481 e. The number of aliphatic carboxylic acids is 1. The van der Waals surface area contributed by atoms with Crippen LogP contribution in [0.15, 0.2) is 12.2 Å². The van der Waals surface area contributed by atoms with Crippen molar-refractivity contribution in [3.05, 3.63) is 12.2 Å². The molecule has 15 heavy (non-hydrogen) atoms. The maximum absolute atomic E-state index is 10.7. The van der Waals surface area contributed by atoms with Gasteiger partial charge in [0.2, 0.25) is 0 Å². The van der Waals surface area contributed by atoms with Crippen LogP contribution in [0.4, 0.5) is 0 Å². The highest BCUT2D eigenvalue weighted by atomic mass is 16.4. The van der Waals surface area contributed by atoms with Crippen LogP contribution in [-0.4, -0.2) is 11.1 Å². The van der Waals surface area contributed by atoms with Crippen molar-refractivity contribution in [3.8, 4) is 0 Å². The van der Waals surface area contributed by atoms with Gasteiger partial charge < -0.3 is 5.11 Å². The van der Waals surface area contributed by atoms with E-state index in [0.717, 1.165) is 12.0 Å². The summed E-state index contributed by atoms with van der Waals surface area (Å²) in [7, 11) is 0. The Morgan fingerprint density at radius 2 is 1.93 bits per heavy atom. The fraction of sp³-hybridized carbons (Fsp3) is 0.769. The lowest BCUT2D eigenvalue weighted by Crippen LogP contribution is -2.13. The van der Waals surface area contributed by atoms with Crippen LogP contribution in [0, 0.1) is 11.8 Å². The second-order valence-corrected chi connectivity index (χ2v) is 4.52. The maximum Gasteiger partial charge on any atom is 0.310 e. The first-order valence-electron chi connectivity index (χ1n) is 5.89. The van der Waals surface area contributed by atoms with Crippen LogP contribution in [0.1, 0.15) is 52.9 Å². The van der Waals surface area contributed by atoms with Crippen molar-refractivity contribution in [3.63, 3.8) is 0 Å². The van der Waals surface area contributed by atoms with Gasteiger partial charge in [0.05, 0.1) is 5.92 Å². The molecular formula is C13H24O2. The van der Waals surface area contributed by atoms with E-state index in [1.807, 2.05) is 0 Å². The van der Waals surface area contributed by atoms with Crippen molar-refractivity contribution >= 4 is 5.97 Å². The molecule has 0 aromatic heterocycles. The van der Waals surface area contributed by atoms with E-state index >= 15 is 0 Å². The number of hydrogen-bond donors (Lipinski definition) is 1. The molecule has 0 aromatic rings. The van der Waals surface area contributed by atoms with Crippen molar-refractivity contribution in [2.75, 3.05) is 0 Å². The Kier molecular flexibility index (Phi) is 7.10. The van der Waals surface area contributed by atoms with Gasteiger partial charge in [-0.3, -0.25) is 4.79 Å². The Morgan fingerprint density at radius 1 is 1.33 bits per heavy atom. The summed E-state index contributed by atoms with van der Waals surface area (Å²) in [5.74, 6) is -0.606. The van der Waals surface area contributed by atoms with Crippen LogP contribution >= 0.6 is 0 Å². The molecule has 0 bridgehead atoms. The lowest BCUT2D eigenvalue weighted by Gasteiger charge is -2.15. The monoisotopic (exact) mass is 212 g/mol. The first-order valence-corrected chi connectivity index (χ1v) is 5.89. The molecule has 0 fully saturated rings. The fourth-order valence-electron chi connectivity index (χ4n) is 1.64. The number of carboxylic acids is 1. The molecule has 0 radical (unpaired) electrons. The van der Waals surface area contributed by atoms with Gasteiger partial charge in [-0.15, -0.1) is 0 Å². The zero-order valence-corrected chi connectivity index (χ0v) is 10.3. The van der Waals surface area contributed by atoms with Crippen LogP contribution in [0.25, 0.3) is 0 Å². The van der Waals surface area contributed by atoms with E-state index in [-0.39, 0.29) is 0 Å².